The Bertz CT molecular complexity index is 401. The van der Waals surface area contributed by atoms with E-state index < -0.39 is 0 Å². The first-order valence-corrected chi connectivity index (χ1v) is 9.32. The SMILES string of the molecule is CC(C)(C)[C@@H]1OCCC[C@H]1CNC(=O)C[C@@H]1C[C@H]2CC[C@H]1C2. The minimum absolute atomic E-state index is 0.153. The molecule has 0 aromatic heterocycles. The first-order valence-electron chi connectivity index (χ1n) is 9.32. The molecular weight excluding hydrogens is 274 g/mol. The molecule has 0 radical (unpaired) electrons. The molecule has 2 bridgehead atoms. The van der Waals surface area contributed by atoms with Gasteiger partial charge in [0.2, 0.25) is 5.91 Å². The van der Waals surface area contributed by atoms with Crippen molar-refractivity contribution < 1.29 is 9.53 Å². The largest absolute Gasteiger partial charge is 0.377 e. The van der Waals surface area contributed by atoms with Crippen LogP contribution in [0.5, 0.6) is 0 Å². The summed E-state index contributed by atoms with van der Waals surface area (Å²) in [6.07, 6.45) is 8.80. The van der Waals surface area contributed by atoms with Crippen molar-refractivity contribution in [3.63, 3.8) is 0 Å². The second-order valence-corrected chi connectivity index (χ2v) is 9.00. The highest BCUT2D eigenvalue weighted by atomic mass is 16.5. The minimum Gasteiger partial charge on any atom is -0.377 e. The van der Waals surface area contributed by atoms with Gasteiger partial charge in [-0.1, -0.05) is 27.2 Å². The van der Waals surface area contributed by atoms with Crippen LogP contribution in [0, 0.1) is 29.1 Å². The molecule has 3 rings (SSSR count). The first kappa shape index (κ1) is 16.3. The Kier molecular flexibility index (Phi) is 4.82. The number of ether oxygens (including phenoxy) is 1. The van der Waals surface area contributed by atoms with Crippen LogP contribution in [0.2, 0.25) is 0 Å². The van der Waals surface area contributed by atoms with Crippen LogP contribution in [-0.4, -0.2) is 25.2 Å². The average molecular weight is 307 g/mol. The number of hydrogen-bond donors (Lipinski definition) is 1. The molecule has 22 heavy (non-hydrogen) atoms. The fraction of sp³-hybridized carbons (Fsp3) is 0.947. The van der Waals surface area contributed by atoms with Crippen molar-refractivity contribution in [1.82, 2.24) is 5.32 Å². The fourth-order valence-electron chi connectivity index (χ4n) is 5.19. The summed E-state index contributed by atoms with van der Waals surface area (Å²) in [7, 11) is 0. The molecule has 3 aliphatic rings. The number of carbonyl (C=O) groups excluding carboxylic acids is 1. The second kappa shape index (κ2) is 6.51. The van der Waals surface area contributed by atoms with Crippen molar-refractivity contribution in [2.24, 2.45) is 29.1 Å². The Balaban J connectivity index is 1.45. The molecule has 0 unspecified atom stereocenters. The monoisotopic (exact) mass is 307 g/mol. The maximum Gasteiger partial charge on any atom is 0.220 e. The van der Waals surface area contributed by atoms with Crippen molar-refractivity contribution in [3.8, 4) is 0 Å². The Morgan fingerprint density at radius 1 is 1.14 bits per heavy atom. The van der Waals surface area contributed by atoms with Gasteiger partial charge in [-0.2, -0.15) is 0 Å². The van der Waals surface area contributed by atoms with Crippen molar-refractivity contribution in [2.45, 2.75) is 71.8 Å². The molecule has 1 heterocycles. The molecule has 126 valence electrons. The lowest BCUT2D eigenvalue weighted by Crippen LogP contribution is -2.45. The number of amides is 1. The van der Waals surface area contributed by atoms with Crippen LogP contribution in [0.4, 0.5) is 0 Å². The highest BCUT2D eigenvalue weighted by Gasteiger charge is 2.40. The molecular formula is C19H33NO2. The van der Waals surface area contributed by atoms with Crippen molar-refractivity contribution >= 4 is 5.91 Å². The van der Waals surface area contributed by atoms with E-state index in [1.165, 1.54) is 32.1 Å². The molecule has 2 aliphatic carbocycles. The van der Waals surface area contributed by atoms with Gasteiger partial charge in [0.15, 0.2) is 0 Å². The van der Waals surface area contributed by atoms with Crippen LogP contribution in [0.1, 0.15) is 65.7 Å². The topological polar surface area (TPSA) is 38.3 Å². The lowest BCUT2D eigenvalue weighted by Gasteiger charge is -2.40. The lowest BCUT2D eigenvalue weighted by molar-refractivity contribution is -0.124. The molecule has 1 aliphatic heterocycles. The lowest BCUT2D eigenvalue weighted by atomic mass is 9.78. The van der Waals surface area contributed by atoms with Gasteiger partial charge in [-0.15, -0.1) is 0 Å². The summed E-state index contributed by atoms with van der Waals surface area (Å²) in [6, 6.07) is 0. The molecule has 1 N–H and O–H groups in total. The first-order chi connectivity index (χ1) is 10.4. The van der Waals surface area contributed by atoms with E-state index >= 15 is 0 Å². The summed E-state index contributed by atoms with van der Waals surface area (Å²) in [6.45, 7) is 8.40. The molecule has 0 aromatic carbocycles. The van der Waals surface area contributed by atoms with E-state index in [1.807, 2.05) is 0 Å². The highest BCUT2D eigenvalue weighted by molar-refractivity contribution is 5.76. The van der Waals surface area contributed by atoms with Gasteiger partial charge >= 0.3 is 0 Å². The number of hydrogen-bond acceptors (Lipinski definition) is 2. The zero-order valence-corrected chi connectivity index (χ0v) is 14.6. The highest BCUT2D eigenvalue weighted by Crippen LogP contribution is 2.49. The molecule has 0 aromatic rings. The van der Waals surface area contributed by atoms with E-state index in [9.17, 15) is 4.79 Å². The third-order valence-electron chi connectivity index (χ3n) is 6.19. The van der Waals surface area contributed by atoms with Gasteiger partial charge in [0, 0.05) is 25.5 Å². The van der Waals surface area contributed by atoms with Gasteiger partial charge in [0.05, 0.1) is 6.10 Å². The maximum absolute atomic E-state index is 12.3. The molecule has 3 fully saturated rings. The number of fused-ring (bicyclic) bond motifs is 2. The van der Waals surface area contributed by atoms with Gasteiger partial charge in [0.25, 0.3) is 0 Å². The summed E-state index contributed by atoms with van der Waals surface area (Å²) in [5.41, 5.74) is 0.153. The zero-order chi connectivity index (χ0) is 15.7. The van der Waals surface area contributed by atoms with Crippen LogP contribution in [0.15, 0.2) is 0 Å². The minimum atomic E-state index is 0.153. The Morgan fingerprint density at radius 2 is 1.95 bits per heavy atom. The van der Waals surface area contributed by atoms with Gasteiger partial charge in [-0.05, 0) is 55.3 Å². The normalized spacial score (nSPS) is 38.2. The quantitative estimate of drug-likeness (QED) is 0.858. The van der Waals surface area contributed by atoms with Gasteiger partial charge in [-0.3, -0.25) is 4.79 Å². The smallest absolute Gasteiger partial charge is 0.220 e. The van der Waals surface area contributed by atoms with Crippen LogP contribution in [0.25, 0.3) is 0 Å². The van der Waals surface area contributed by atoms with Crippen LogP contribution >= 0.6 is 0 Å². The molecule has 1 saturated heterocycles. The number of nitrogens with one attached hydrogen (secondary N) is 1. The van der Waals surface area contributed by atoms with Crippen molar-refractivity contribution in [3.05, 3.63) is 0 Å². The van der Waals surface area contributed by atoms with E-state index in [4.69, 9.17) is 4.74 Å². The Morgan fingerprint density at radius 3 is 2.59 bits per heavy atom. The van der Waals surface area contributed by atoms with E-state index in [-0.39, 0.29) is 17.4 Å². The van der Waals surface area contributed by atoms with Crippen molar-refractivity contribution in [1.29, 1.82) is 0 Å². The number of rotatable bonds is 4. The maximum atomic E-state index is 12.3. The second-order valence-electron chi connectivity index (χ2n) is 9.00. The summed E-state index contributed by atoms with van der Waals surface area (Å²) in [5.74, 6) is 3.18. The molecule has 3 nitrogen and oxygen atoms in total. The number of carbonyl (C=O) groups is 1. The van der Waals surface area contributed by atoms with Gasteiger partial charge in [-0.25, -0.2) is 0 Å². The summed E-state index contributed by atoms with van der Waals surface area (Å²) >= 11 is 0. The summed E-state index contributed by atoms with van der Waals surface area (Å²) < 4.78 is 6.01. The van der Waals surface area contributed by atoms with Crippen LogP contribution in [-0.2, 0) is 9.53 Å². The predicted octanol–water partition coefficient (Wildman–Crippen LogP) is 3.77. The molecule has 2 saturated carbocycles. The zero-order valence-electron chi connectivity index (χ0n) is 14.6. The molecule has 1 amide bonds. The predicted molar refractivity (Wildman–Crippen MR) is 88.5 cm³/mol. The van der Waals surface area contributed by atoms with Crippen LogP contribution in [0.3, 0.4) is 0 Å². The van der Waals surface area contributed by atoms with Gasteiger partial charge < -0.3 is 10.1 Å². The van der Waals surface area contributed by atoms with Crippen molar-refractivity contribution in [2.75, 3.05) is 13.2 Å². The van der Waals surface area contributed by atoms with E-state index in [0.717, 1.165) is 37.8 Å². The fourth-order valence-corrected chi connectivity index (χ4v) is 5.19. The van der Waals surface area contributed by atoms with E-state index in [0.29, 0.717) is 11.8 Å². The standard InChI is InChI=1S/C19H33NO2/c1-19(2,3)18-15(5-4-8-22-18)12-20-17(21)11-16-10-13-6-7-14(16)9-13/h13-16,18H,4-12H2,1-3H3,(H,20,21)/t13-,14-,15-,16-,18+/m0/s1. The summed E-state index contributed by atoms with van der Waals surface area (Å²) in [5, 5.41) is 3.22. The molecule has 5 atom stereocenters. The van der Waals surface area contributed by atoms with E-state index in [1.54, 1.807) is 0 Å². The Hall–Kier alpha value is -0.570. The van der Waals surface area contributed by atoms with Gasteiger partial charge in [0.1, 0.15) is 0 Å². The molecule has 3 heteroatoms. The van der Waals surface area contributed by atoms with E-state index in [2.05, 4.69) is 26.1 Å². The van der Waals surface area contributed by atoms with Crippen LogP contribution < -0.4 is 5.32 Å². The third kappa shape index (κ3) is 3.67. The third-order valence-corrected chi connectivity index (χ3v) is 6.19. The average Bonchev–Trinajstić information content (AvgIpc) is 3.07. The summed E-state index contributed by atoms with van der Waals surface area (Å²) in [4.78, 5) is 12.3. The Labute approximate surface area is 135 Å². The molecule has 0 spiro atoms.